The SMILES string of the molecule is FC(F)(F)Cc1ccc(CC2CCCN2)cc1. The molecule has 0 bridgehead atoms. The maximum atomic E-state index is 12.2. The molecule has 0 spiro atoms. The maximum absolute atomic E-state index is 12.2. The van der Waals surface area contributed by atoms with Gasteiger partial charge in [0.05, 0.1) is 6.42 Å². The Morgan fingerprint density at radius 2 is 1.76 bits per heavy atom. The van der Waals surface area contributed by atoms with Crippen LogP contribution in [0, 0.1) is 0 Å². The van der Waals surface area contributed by atoms with Crippen molar-refractivity contribution in [3.63, 3.8) is 0 Å². The van der Waals surface area contributed by atoms with E-state index in [0.29, 0.717) is 11.6 Å². The monoisotopic (exact) mass is 243 g/mol. The van der Waals surface area contributed by atoms with E-state index in [2.05, 4.69) is 5.32 Å². The number of benzene rings is 1. The third kappa shape index (κ3) is 4.04. The third-order valence-corrected chi connectivity index (χ3v) is 3.07. The summed E-state index contributed by atoms with van der Waals surface area (Å²) < 4.78 is 36.5. The Hall–Kier alpha value is -1.03. The van der Waals surface area contributed by atoms with Gasteiger partial charge in [0.2, 0.25) is 0 Å². The van der Waals surface area contributed by atoms with Gasteiger partial charge in [-0.25, -0.2) is 0 Å². The van der Waals surface area contributed by atoms with Crippen molar-refractivity contribution in [3.8, 4) is 0 Å². The molecule has 2 rings (SSSR count). The molecule has 0 aliphatic carbocycles. The molecule has 1 aliphatic rings. The topological polar surface area (TPSA) is 12.0 Å². The molecule has 0 aromatic heterocycles. The summed E-state index contributed by atoms with van der Waals surface area (Å²) in [4.78, 5) is 0. The largest absolute Gasteiger partial charge is 0.393 e. The lowest BCUT2D eigenvalue weighted by molar-refractivity contribution is -0.127. The average molecular weight is 243 g/mol. The minimum absolute atomic E-state index is 0.334. The van der Waals surface area contributed by atoms with Crippen molar-refractivity contribution in [3.05, 3.63) is 35.4 Å². The van der Waals surface area contributed by atoms with Crippen molar-refractivity contribution in [2.24, 2.45) is 0 Å². The first-order valence-corrected chi connectivity index (χ1v) is 5.91. The van der Waals surface area contributed by atoms with Crippen LogP contribution in [0.25, 0.3) is 0 Å². The van der Waals surface area contributed by atoms with Gasteiger partial charge in [-0.15, -0.1) is 0 Å². The van der Waals surface area contributed by atoms with E-state index in [9.17, 15) is 13.2 Å². The van der Waals surface area contributed by atoms with E-state index >= 15 is 0 Å². The van der Waals surface area contributed by atoms with Crippen LogP contribution in [0.4, 0.5) is 13.2 Å². The minimum atomic E-state index is -4.12. The fraction of sp³-hybridized carbons (Fsp3) is 0.538. The molecule has 0 radical (unpaired) electrons. The van der Waals surface area contributed by atoms with Gasteiger partial charge in [0.15, 0.2) is 0 Å². The molecule has 94 valence electrons. The van der Waals surface area contributed by atoms with Gasteiger partial charge in [0, 0.05) is 6.04 Å². The molecule has 17 heavy (non-hydrogen) atoms. The fourth-order valence-corrected chi connectivity index (χ4v) is 2.24. The van der Waals surface area contributed by atoms with E-state index in [-0.39, 0.29) is 0 Å². The van der Waals surface area contributed by atoms with Crippen molar-refractivity contribution in [2.45, 2.75) is 37.9 Å². The molecule has 1 fully saturated rings. The highest BCUT2D eigenvalue weighted by atomic mass is 19.4. The molecule has 1 aliphatic heterocycles. The van der Waals surface area contributed by atoms with Crippen molar-refractivity contribution < 1.29 is 13.2 Å². The Balaban J connectivity index is 1.93. The van der Waals surface area contributed by atoms with Gasteiger partial charge < -0.3 is 5.32 Å². The zero-order valence-electron chi connectivity index (χ0n) is 9.56. The summed E-state index contributed by atoms with van der Waals surface area (Å²) >= 11 is 0. The number of nitrogens with one attached hydrogen (secondary N) is 1. The van der Waals surface area contributed by atoms with Gasteiger partial charge in [-0.05, 0) is 36.9 Å². The lowest BCUT2D eigenvalue weighted by Crippen LogP contribution is -2.23. The third-order valence-electron chi connectivity index (χ3n) is 3.07. The first-order chi connectivity index (χ1) is 8.03. The molecule has 0 amide bonds. The van der Waals surface area contributed by atoms with Crippen LogP contribution in [0.15, 0.2) is 24.3 Å². The quantitative estimate of drug-likeness (QED) is 0.860. The zero-order valence-corrected chi connectivity index (χ0v) is 9.56. The molecule has 1 atom stereocenters. The van der Waals surface area contributed by atoms with Crippen LogP contribution in [0.1, 0.15) is 24.0 Å². The molecule has 1 heterocycles. The second-order valence-corrected chi connectivity index (χ2v) is 4.61. The van der Waals surface area contributed by atoms with E-state index in [0.717, 1.165) is 24.9 Å². The first kappa shape index (κ1) is 12.4. The Labute approximate surface area is 99.0 Å². The fourth-order valence-electron chi connectivity index (χ4n) is 2.24. The maximum Gasteiger partial charge on any atom is 0.393 e. The normalized spacial score (nSPS) is 20.8. The Bertz CT molecular complexity index is 350. The summed E-state index contributed by atoms with van der Waals surface area (Å²) in [6.45, 7) is 1.05. The molecule has 1 saturated heterocycles. The first-order valence-electron chi connectivity index (χ1n) is 5.91. The summed E-state index contributed by atoms with van der Waals surface area (Å²) in [5, 5.41) is 3.38. The molecule has 1 nitrogen and oxygen atoms in total. The predicted molar refractivity (Wildman–Crippen MR) is 60.9 cm³/mol. The van der Waals surface area contributed by atoms with Gasteiger partial charge in [0.1, 0.15) is 0 Å². The number of hydrogen-bond donors (Lipinski definition) is 1. The number of alkyl halides is 3. The molecular formula is C13H16F3N. The summed E-state index contributed by atoms with van der Waals surface area (Å²) in [6.07, 6.45) is -1.70. The summed E-state index contributed by atoms with van der Waals surface area (Å²) in [7, 11) is 0. The summed E-state index contributed by atoms with van der Waals surface area (Å²) in [6, 6.07) is 7.26. The van der Waals surface area contributed by atoms with Gasteiger partial charge in [-0.3, -0.25) is 0 Å². The standard InChI is InChI=1S/C13H16F3N/c14-13(15,16)9-11-5-3-10(4-6-11)8-12-2-1-7-17-12/h3-6,12,17H,1-2,7-9H2. The second kappa shape index (κ2) is 5.08. The van der Waals surface area contributed by atoms with E-state index in [1.54, 1.807) is 24.3 Å². The van der Waals surface area contributed by atoms with Gasteiger partial charge in [0.25, 0.3) is 0 Å². The smallest absolute Gasteiger partial charge is 0.314 e. The van der Waals surface area contributed by atoms with Crippen LogP contribution < -0.4 is 5.32 Å². The minimum Gasteiger partial charge on any atom is -0.314 e. The van der Waals surface area contributed by atoms with E-state index in [1.807, 2.05) is 0 Å². The van der Waals surface area contributed by atoms with Crippen LogP contribution in [-0.4, -0.2) is 18.8 Å². The van der Waals surface area contributed by atoms with Crippen LogP contribution >= 0.6 is 0 Å². The molecule has 4 heteroatoms. The lowest BCUT2D eigenvalue weighted by atomic mass is 10.0. The average Bonchev–Trinajstić information content (AvgIpc) is 2.71. The molecule has 0 saturated carbocycles. The van der Waals surface area contributed by atoms with E-state index in [1.165, 1.54) is 6.42 Å². The predicted octanol–water partition coefficient (Wildman–Crippen LogP) is 3.09. The summed E-state index contributed by atoms with van der Waals surface area (Å²) in [5.41, 5.74) is 1.44. The van der Waals surface area contributed by atoms with E-state index < -0.39 is 12.6 Å². The van der Waals surface area contributed by atoms with E-state index in [4.69, 9.17) is 0 Å². The Kier molecular flexibility index (Phi) is 3.72. The molecule has 1 aromatic rings. The van der Waals surface area contributed by atoms with Crippen molar-refractivity contribution in [1.29, 1.82) is 0 Å². The van der Waals surface area contributed by atoms with Crippen LogP contribution in [-0.2, 0) is 12.8 Å². The van der Waals surface area contributed by atoms with Crippen LogP contribution in [0.3, 0.4) is 0 Å². The highest BCUT2D eigenvalue weighted by molar-refractivity contribution is 5.24. The number of hydrogen-bond acceptors (Lipinski definition) is 1. The molecule has 1 N–H and O–H groups in total. The van der Waals surface area contributed by atoms with Crippen LogP contribution in [0.2, 0.25) is 0 Å². The van der Waals surface area contributed by atoms with Crippen LogP contribution in [0.5, 0.6) is 0 Å². The van der Waals surface area contributed by atoms with Crippen molar-refractivity contribution >= 4 is 0 Å². The Morgan fingerprint density at radius 1 is 1.12 bits per heavy atom. The lowest BCUT2D eigenvalue weighted by Gasteiger charge is -2.11. The second-order valence-electron chi connectivity index (χ2n) is 4.61. The van der Waals surface area contributed by atoms with Gasteiger partial charge in [-0.2, -0.15) is 13.2 Å². The summed E-state index contributed by atoms with van der Waals surface area (Å²) in [5.74, 6) is 0. The zero-order chi connectivity index (χ0) is 12.3. The highest BCUT2D eigenvalue weighted by Crippen LogP contribution is 2.21. The van der Waals surface area contributed by atoms with Crippen molar-refractivity contribution in [1.82, 2.24) is 5.32 Å². The molecule has 1 unspecified atom stereocenters. The van der Waals surface area contributed by atoms with Crippen molar-refractivity contribution in [2.75, 3.05) is 6.54 Å². The van der Waals surface area contributed by atoms with Gasteiger partial charge >= 0.3 is 6.18 Å². The number of halogens is 3. The molecule has 1 aromatic carbocycles. The number of rotatable bonds is 3. The molecular weight excluding hydrogens is 227 g/mol. The highest BCUT2D eigenvalue weighted by Gasteiger charge is 2.27. The van der Waals surface area contributed by atoms with Gasteiger partial charge in [-0.1, -0.05) is 24.3 Å². The Morgan fingerprint density at radius 3 is 2.29 bits per heavy atom.